The monoisotopic (exact) mass is 251 g/mol. The molecule has 0 aliphatic heterocycles. The van der Waals surface area contributed by atoms with E-state index in [0.29, 0.717) is 23.5 Å². The van der Waals surface area contributed by atoms with Gasteiger partial charge >= 0.3 is 0 Å². The van der Waals surface area contributed by atoms with Gasteiger partial charge in [-0.3, -0.25) is 5.21 Å². The molecule has 0 atom stereocenters. The van der Waals surface area contributed by atoms with Crippen LogP contribution in [0.2, 0.25) is 0 Å². The van der Waals surface area contributed by atoms with Crippen molar-refractivity contribution < 1.29 is 10.3 Å². The summed E-state index contributed by atoms with van der Waals surface area (Å²) in [6.45, 7) is 0.342. The normalized spacial score (nSPS) is 10.9. The second-order valence-corrected chi connectivity index (χ2v) is 4.13. The van der Waals surface area contributed by atoms with Gasteiger partial charge in [0.15, 0.2) is 0 Å². The van der Waals surface area contributed by atoms with E-state index in [2.05, 4.69) is 4.98 Å². The van der Waals surface area contributed by atoms with Crippen LogP contribution in [0.15, 0.2) is 18.2 Å². The van der Waals surface area contributed by atoms with Crippen LogP contribution in [-0.2, 0) is 6.54 Å². The number of aromatic nitrogens is 2. The zero-order valence-corrected chi connectivity index (χ0v) is 10.2. The van der Waals surface area contributed by atoms with Gasteiger partial charge < -0.3 is 25.0 Å². The third-order valence-corrected chi connectivity index (χ3v) is 2.66. The number of aliphatic hydroxyl groups is 1. The Balaban J connectivity index is 2.63. The molecule has 2 N–H and O–H groups in total. The van der Waals surface area contributed by atoms with E-state index in [1.807, 2.05) is 19.0 Å². The first-order chi connectivity index (χ1) is 8.54. The SMILES string of the molecule is CN(C)c1nc2ccc(N([O-])O)cc2n1CCO. The number of nitrogens with zero attached hydrogens (tertiary/aromatic N) is 4. The lowest BCUT2D eigenvalue weighted by Crippen LogP contribution is -2.16. The zero-order chi connectivity index (χ0) is 13.3. The Kier molecular flexibility index (Phi) is 3.37. The maximum absolute atomic E-state index is 10.9. The van der Waals surface area contributed by atoms with Crippen LogP contribution in [0.25, 0.3) is 11.0 Å². The van der Waals surface area contributed by atoms with Crippen molar-refractivity contribution in [1.29, 1.82) is 0 Å². The van der Waals surface area contributed by atoms with Gasteiger partial charge in [-0.25, -0.2) is 4.98 Å². The Morgan fingerprint density at radius 1 is 1.39 bits per heavy atom. The third kappa shape index (κ3) is 2.10. The summed E-state index contributed by atoms with van der Waals surface area (Å²) in [4.78, 5) is 6.23. The molecule has 7 heteroatoms. The summed E-state index contributed by atoms with van der Waals surface area (Å²) in [6.07, 6.45) is 0. The van der Waals surface area contributed by atoms with Gasteiger partial charge in [0.2, 0.25) is 5.95 Å². The molecule has 0 bridgehead atoms. The first-order valence-corrected chi connectivity index (χ1v) is 5.49. The second-order valence-electron chi connectivity index (χ2n) is 4.13. The molecule has 0 fully saturated rings. The molecule has 0 radical (unpaired) electrons. The topological polar surface area (TPSA) is 87.8 Å². The highest BCUT2D eigenvalue weighted by Gasteiger charge is 2.12. The van der Waals surface area contributed by atoms with Crippen LogP contribution in [0.3, 0.4) is 0 Å². The molecular formula is C11H15N4O3-. The van der Waals surface area contributed by atoms with Crippen LogP contribution >= 0.6 is 0 Å². The standard InChI is InChI=1S/C11H15N4O3/c1-13(2)11-12-9-4-3-8(15(17)18)7-10(9)14(11)5-6-16/h3-4,7,16-17H,5-6H2,1-2H3/q-1. The molecule has 0 unspecified atom stereocenters. The molecule has 98 valence electrons. The minimum Gasteiger partial charge on any atom is -0.733 e. The van der Waals surface area contributed by atoms with Crippen LogP contribution in [0.5, 0.6) is 0 Å². The summed E-state index contributed by atoms with van der Waals surface area (Å²) in [5, 5.41) is 28.7. The fraction of sp³-hybridized carbons (Fsp3) is 0.364. The molecule has 0 saturated carbocycles. The summed E-state index contributed by atoms with van der Waals surface area (Å²) in [5.74, 6) is 0.687. The number of fused-ring (bicyclic) bond motifs is 1. The lowest BCUT2D eigenvalue weighted by Gasteiger charge is -2.21. The molecule has 0 aliphatic rings. The van der Waals surface area contributed by atoms with E-state index >= 15 is 0 Å². The number of rotatable bonds is 4. The van der Waals surface area contributed by atoms with Crippen molar-refractivity contribution in [3.05, 3.63) is 23.4 Å². The van der Waals surface area contributed by atoms with Crippen LogP contribution in [-0.4, -0.2) is 40.6 Å². The minimum absolute atomic E-state index is 0.0310. The van der Waals surface area contributed by atoms with E-state index in [0.717, 1.165) is 0 Å². The van der Waals surface area contributed by atoms with Crippen LogP contribution in [0.4, 0.5) is 11.6 Å². The van der Waals surface area contributed by atoms with Gasteiger partial charge in [0.25, 0.3) is 0 Å². The van der Waals surface area contributed by atoms with Crippen LogP contribution in [0, 0.1) is 5.21 Å². The van der Waals surface area contributed by atoms with Gasteiger partial charge in [-0.15, -0.1) is 0 Å². The predicted molar refractivity (Wildman–Crippen MR) is 68.8 cm³/mol. The number of benzene rings is 1. The smallest absolute Gasteiger partial charge is 0.206 e. The largest absolute Gasteiger partial charge is 0.733 e. The van der Waals surface area contributed by atoms with Crippen molar-refractivity contribution >= 4 is 22.7 Å². The van der Waals surface area contributed by atoms with Crippen molar-refractivity contribution in [2.75, 3.05) is 30.8 Å². The Labute approximate surface area is 104 Å². The quantitative estimate of drug-likeness (QED) is 0.781. The minimum atomic E-state index is -0.189. The molecule has 0 saturated heterocycles. The molecule has 2 rings (SSSR count). The summed E-state index contributed by atoms with van der Waals surface area (Å²) in [5.41, 5.74) is 1.53. The van der Waals surface area contributed by atoms with Crippen LogP contribution < -0.4 is 10.1 Å². The van der Waals surface area contributed by atoms with Gasteiger partial charge in [0.1, 0.15) is 0 Å². The van der Waals surface area contributed by atoms with E-state index in [1.54, 1.807) is 10.6 Å². The molecule has 18 heavy (non-hydrogen) atoms. The molecule has 7 nitrogen and oxygen atoms in total. The highest BCUT2D eigenvalue weighted by atomic mass is 16.8. The van der Waals surface area contributed by atoms with Crippen molar-refractivity contribution in [3.63, 3.8) is 0 Å². The summed E-state index contributed by atoms with van der Waals surface area (Å²) in [7, 11) is 3.70. The van der Waals surface area contributed by atoms with E-state index < -0.39 is 0 Å². The number of aliphatic hydroxyl groups excluding tert-OH is 1. The van der Waals surface area contributed by atoms with Crippen molar-refractivity contribution in [1.82, 2.24) is 9.55 Å². The second kappa shape index (κ2) is 4.81. The maximum Gasteiger partial charge on any atom is 0.206 e. The maximum atomic E-state index is 10.9. The lowest BCUT2D eigenvalue weighted by molar-refractivity contribution is 0.278. The zero-order valence-electron chi connectivity index (χ0n) is 10.2. The van der Waals surface area contributed by atoms with E-state index in [4.69, 9.17) is 10.3 Å². The molecular weight excluding hydrogens is 236 g/mol. The average molecular weight is 251 g/mol. The first kappa shape index (κ1) is 12.6. The van der Waals surface area contributed by atoms with Gasteiger partial charge in [0, 0.05) is 20.6 Å². The van der Waals surface area contributed by atoms with Crippen molar-refractivity contribution in [2.24, 2.45) is 0 Å². The molecule has 0 aliphatic carbocycles. The molecule has 0 amide bonds. The number of imidazole rings is 1. The Morgan fingerprint density at radius 3 is 2.67 bits per heavy atom. The first-order valence-electron chi connectivity index (χ1n) is 5.49. The molecule has 1 aromatic heterocycles. The summed E-state index contributed by atoms with van der Waals surface area (Å²) in [6, 6.07) is 4.69. The lowest BCUT2D eigenvalue weighted by atomic mass is 10.3. The third-order valence-electron chi connectivity index (χ3n) is 2.66. The number of anilines is 2. The number of hydrogen-bond acceptors (Lipinski definition) is 6. The fourth-order valence-electron chi connectivity index (χ4n) is 1.88. The van der Waals surface area contributed by atoms with Gasteiger partial charge in [-0.1, -0.05) is 0 Å². The van der Waals surface area contributed by atoms with Crippen LogP contribution in [0.1, 0.15) is 0 Å². The van der Waals surface area contributed by atoms with Crippen molar-refractivity contribution in [3.8, 4) is 0 Å². The van der Waals surface area contributed by atoms with E-state index in [9.17, 15) is 5.21 Å². The Morgan fingerprint density at radius 2 is 2.11 bits per heavy atom. The molecule has 2 aromatic rings. The average Bonchev–Trinajstić information content (AvgIpc) is 2.68. The summed E-state index contributed by atoms with van der Waals surface area (Å²) >= 11 is 0. The fourth-order valence-corrected chi connectivity index (χ4v) is 1.88. The van der Waals surface area contributed by atoms with Crippen molar-refractivity contribution in [2.45, 2.75) is 6.54 Å². The Hall–Kier alpha value is -1.83. The van der Waals surface area contributed by atoms with E-state index in [-0.39, 0.29) is 17.5 Å². The highest BCUT2D eigenvalue weighted by Crippen LogP contribution is 2.25. The molecule has 1 aromatic carbocycles. The van der Waals surface area contributed by atoms with Gasteiger partial charge in [0.05, 0.1) is 23.3 Å². The highest BCUT2D eigenvalue weighted by molar-refractivity contribution is 5.82. The number of hydrogen-bond donors (Lipinski definition) is 2. The molecule has 0 spiro atoms. The molecule has 1 heterocycles. The Bertz CT molecular complexity index is 550. The van der Waals surface area contributed by atoms with Gasteiger partial charge in [-0.05, 0) is 18.2 Å². The predicted octanol–water partition coefficient (Wildman–Crippen LogP) is 0.788. The van der Waals surface area contributed by atoms with E-state index in [1.165, 1.54) is 12.1 Å². The summed E-state index contributed by atoms with van der Waals surface area (Å²) < 4.78 is 1.79. The van der Waals surface area contributed by atoms with Gasteiger partial charge in [-0.2, -0.15) is 0 Å².